The predicted octanol–water partition coefficient (Wildman–Crippen LogP) is 8.31. The number of esters is 1. The van der Waals surface area contributed by atoms with Gasteiger partial charge in [0, 0.05) is 81.1 Å². The third-order valence-electron chi connectivity index (χ3n) is 12.8. The Hall–Kier alpha value is -4.35. The van der Waals surface area contributed by atoms with Gasteiger partial charge in [-0.3, -0.25) is 19.6 Å². The monoisotopic (exact) mass is 852 g/mol. The lowest BCUT2D eigenvalue weighted by Gasteiger charge is -2.41. The number of alkyl halides is 2. The van der Waals surface area contributed by atoms with Crippen molar-refractivity contribution in [3.63, 3.8) is 0 Å². The molecule has 3 fully saturated rings. The van der Waals surface area contributed by atoms with Gasteiger partial charge < -0.3 is 19.5 Å². The Morgan fingerprint density at radius 2 is 1.60 bits per heavy atom. The van der Waals surface area contributed by atoms with E-state index in [1.165, 1.54) is 0 Å². The Bertz CT molecular complexity index is 2180. The van der Waals surface area contributed by atoms with Gasteiger partial charge in [0.25, 0.3) is 5.92 Å². The molecule has 13 heteroatoms. The number of nitrogens with one attached hydrogen (secondary N) is 1. The van der Waals surface area contributed by atoms with Crippen LogP contribution in [-0.2, 0) is 14.3 Å². The van der Waals surface area contributed by atoms with E-state index in [1.54, 1.807) is 27.8 Å². The molecule has 0 radical (unpaired) electrons. The zero-order valence-corrected chi connectivity index (χ0v) is 35.1. The van der Waals surface area contributed by atoms with Gasteiger partial charge in [-0.05, 0) is 64.8 Å². The molecule has 1 aromatic heterocycles. The molecule has 1 amide bonds. The van der Waals surface area contributed by atoms with Gasteiger partial charge in [-0.15, -0.1) is 11.8 Å². The maximum atomic E-state index is 15.3. The third kappa shape index (κ3) is 8.99. The van der Waals surface area contributed by atoms with Crippen LogP contribution in [0.15, 0.2) is 85.1 Å². The number of alkyl carbamates (subject to hydrolysis) is 1. The molecule has 1 saturated heterocycles. The molecular weight excluding hydrogens is 803 g/mol. The van der Waals surface area contributed by atoms with Crippen molar-refractivity contribution in [1.29, 1.82) is 0 Å². The van der Waals surface area contributed by atoms with E-state index in [0.29, 0.717) is 54.7 Å². The average molecular weight is 853 g/mol. The van der Waals surface area contributed by atoms with Crippen LogP contribution in [0.5, 0.6) is 5.75 Å². The molecule has 2 heterocycles. The second kappa shape index (κ2) is 18.3. The number of hydrogen-bond acceptors (Lipinski definition) is 10. The van der Waals surface area contributed by atoms with Crippen LogP contribution in [0.4, 0.5) is 13.6 Å². The fourth-order valence-electron chi connectivity index (χ4n) is 9.67. The van der Waals surface area contributed by atoms with Gasteiger partial charge in [-0.25, -0.2) is 13.6 Å². The number of amides is 1. The molecule has 0 bridgehead atoms. The summed E-state index contributed by atoms with van der Waals surface area (Å²) in [6.45, 7) is 4.53. The highest BCUT2D eigenvalue weighted by molar-refractivity contribution is 8.76. The molecule has 3 aromatic carbocycles. The van der Waals surface area contributed by atoms with Crippen LogP contribution in [-0.4, -0.2) is 103 Å². The maximum absolute atomic E-state index is 15.3. The molecule has 5 aliphatic rings. The summed E-state index contributed by atoms with van der Waals surface area (Å²) in [5, 5.41) is 3.72. The quantitative estimate of drug-likeness (QED) is 0.0514. The normalized spacial score (nSPS) is 25.4. The van der Waals surface area contributed by atoms with Crippen LogP contribution in [0.3, 0.4) is 0 Å². The zero-order valence-electron chi connectivity index (χ0n) is 33.5. The SMILES string of the molecule is O=C(CCSSCCNC(=O)OCC1C2CC#CCCC21)O[C@@H](COc1cccc2ncccc12)CN1CCN(C2c3ccccc3[C@@H]3[C@H](c4ccccc42)C3(F)F)CC1. The molecule has 4 unspecified atom stereocenters. The number of fused-ring (bicyclic) bond motifs is 7. The highest BCUT2D eigenvalue weighted by Gasteiger charge is 2.71. The predicted molar refractivity (Wildman–Crippen MR) is 231 cm³/mol. The van der Waals surface area contributed by atoms with E-state index in [0.717, 1.165) is 78.6 Å². The topological polar surface area (TPSA) is 93.2 Å². The smallest absolute Gasteiger partial charge is 0.407 e. The van der Waals surface area contributed by atoms with Gasteiger partial charge in [-0.1, -0.05) is 76.2 Å². The maximum Gasteiger partial charge on any atom is 0.407 e. The van der Waals surface area contributed by atoms with Gasteiger partial charge in [0.15, 0.2) is 0 Å². The van der Waals surface area contributed by atoms with Crippen LogP contribution in [0.2, 0.25) is 0 Å². The molecule has 1 N–H and O–H groups in total. The molecule has 0 spiro atoms. The van der Waals surface area contributed by atoms with Crippen LogP contribution < -0.4 is 10.1 Å². The van der Waals surface area contributed by atoms with Gasteiger partial charge >= 0.3 is 12.1 Å². The van der Waals surface area contributed by atoms with Crippen molar-refractivity contribution in [1.82, 2.24) is 20.1 Å². The summed E-state index contributed by atoms with van der Waals surface area (Å²) in [5.74, 6) is 5.38. The lowest BCUT2D eigenvalue weighted by molar-refractivity contribution is -0.151. The molecule has 2 saturated carbocycles. The fraction of sp³-hybridized carbons (Fsp3) is 0.468. The molecular formula is C47H50F2N4O5S2. The molecule has 60 heavy (non-hydrogen) atoms. The highest BCUT2D eigenvalue weighted by atomic mass is 33.1. The number of pyridine rings is 1. The number of aromatic nitrogens is 1. The summed E-state index contributed by atoms with van der Waals surface area (Å²) in [6.07, 6.45) is 4.06. The van der Waals surface area contributed by atoms with E-state index in [-0.39, 0.29) is 31.1 Å². The number of hydrogen-bond donors (Lipinski definition) is 1. The number of carbonyl (C=O) groups excluding carboxylic acids is 2. The van der Waals surface area contributed by atoms with E-state index in [9.17, 15) is 9.59 Å². The lowest BCUT2D eigenvalue weighted by Crippen LogP contribution is -2.51. The Morgan fingerprint density at radius 3 is 2.37 bits per heavy atom. The first-order valence-electron chi connectivity index (χ1n) is 21.2. The van der Waals surface area contributed by atoms with E-state index in [1.807, 2.05) is 78.9 Å². The van der Waals surface area contributed by atoms with Gasteiger partial charge in [0.05, 0.1) is 36.4 Å². The van der Waals surface area contributed by atoms with Crippen LogP contribution in [0, 0.1) is 29.6 Å². The molecule has 4 aliphatic carbocycles. The van der Waals surface area contributed by atoms with Gasteiger partial charge in [0.1, 0.15) is 18.5 Å². The standard InChI is InChI=1S/C47H50F2N4O5S2/c48-47(49)43-34-12-4-6-14-36(34)45(37-15-7-5-13-35(37)44(43)47)53-24-22-52(23-25-53)28-31(29-56-41-18-8-17-40-38(41)16-9-20-50-40)58-42(54)19-26-59-60-27-21-51-46(55)57-30-39-32-10-2-1-3-11-33(32)39/h4-9,12-18,20,31-33,39,43-45H,2,10-11,19,21-30H2,(H,51,55)/t31-,32?,33?,39?,43-,44+,45?/m1/s1. The fourth-order valence-corrected chi connectivity index (χ4v) is 11.6. The average Bonchev–Trinajstić information content (AvgIpc) is 4.14. The summed E-state index contributed by atoms with van der Waals surface area (Å²) >= 11 is 0. The largest absolute Gasteiger partial charge is 0.489 e. The van der Waals surface area contributed by atoms with Crippen molar-refractivity contribution < 1.29 is 32.6 Å². The first kappa shape index (κ1) is 41.0. The molecule has 9 nitrogen and oxygen atoms in total. The second-order valence-corrected chi connectivity index (χ2v) is 19.1. The Labute approximate surface area is 358 Å². The number of nitrogens with zero attached hydrogens (tertiary/aromatic N) is 3. The molecule has 314 valence electrons. The van der Waals surface area contributed by atoms with Crippen molar-refractivity contribution >= 4 is 44.6 Å². The van der Waals surface area contributed by atoms with Crippen molar-refractivity contribution in [3.05, 3.63) is 107 Å². The minimum atomic E-state index is -2.75. The lowest BCUT2D eigenvalue weighted by atomic mass is 9.90. The number of ether oxygens (including phenoxy) is 3. The third-order valence-corrected chi connectivity index (χ3v) is 15.2. The molecule has 9 rings (SSSR count). The first-order valence-corrected chi connectivity index (χ1v) is 23.6. The summed E-state index contributed by atoms with van der Waals surface area (Å²) in [4.78, 5) is 34.7. The second-order valence-electron chi connectivity index (χ2n) is 16.4. The number of carbonyl (C=O) groups is 2. The minimum Gasteiger partial charge on any atom is -0.489 e. The van der Waals surface area contributed by atoms with Crippen LogP contribution in [0.25, 0.3) is 10.9 Å². The van der Waals surface area contributed by atoms with Crippen LogP contribution >= 0.6 is 21.6 Å². The van der Waals surface area contributed by atoms with E-state index < -0.39 is 23.9 Å². The van der Waals surface area contributed by atoms with Gasteiger partial charge in [-0.2, -0.15) is 0 Å². The van der Waals surface area contributed by atoms with E-state index in [2.05, 4.69) is 31.9 Å². The number of rotatable bonds is 16. The Balaban J connectivity index is 0.769. The summed E-state index contributed by atoms with van der Waals surface area (Å²) in [7, 11) is 3.17. The summed E-state index contributed by atoms with van der Waals surface area (Å²) in [6, 6.07) is 25.0. The van der Waals surface area contributed by atoms with Crippen molar-refractivity contribution in [3.8, 4) is 17.6 Å². The van der Waals surface area contributed by atoms with E-state index >= 15 is 8.78 Å². The van der Waals surface area contributed by atoms with Gasteiger partial charge in [0.2, 0.25) is 0 Å². The first-order chi connectivity index (χ1) is 29.4. The zero-order chi connectivity index (χ0) is 41.1. The Kier molecular flexibility index (Phi) is 12.5. The number of halogens is 2. The highest BCUT2D eigenvalue weighted by Crippen LogP contribution is 2.70. The molecule has 4 aromatic rings. The minimum absolute atomic E-state index is 0.113. The summed E-state index contributed by atoms with van der Waals surface area (Å²) < 4.78 is 48.5. The van der Waals surface area contributed by atoms with Crippen molar-refractivity contribution in [2.75, 3.05) is 64.0 Å². The summed E-state index contributed by atoms with van der Waals surface area (Å²) in [5.41, 5.74) is 4.27. The van der Waals surface area contributed by atoms with Crippen molar-refractivity contribution in [2.24, 2.45) is 17.8 Å². The number of benzene rings is 3. The number of piperazine rings is 1. The molecule has 7 atom stereocenters. The Morgan fingerprint density at radius 1 is 0.867 bits per heavy atom. The van der Waals surface area contributed by atoms with Crippen molar-refractivity contribution in [2.45, 2.75) is 55.6 Å². The van der Waals surface area contributed by atoms with Crippen LogP contribution in [0.1, 0.15) is 65.8 Å². The van der Waals surface area contributed by atoms with E-state index in [4.69, 9.17) is 14.2 Å². The molecule has 1 aliphatic heterocycles.